The monoisotopic (exact) mass is 280 g/mol. The van der Waals surface area contributed by atoms with E-state index in [1.807, 2.05) is 13.8 Å². The number of hydrogen-bond donors (Lipinski definition) is 2. The van der Waals surface area contributed by atoms with Crippen molar-refractivity contribution in [3.8, 4) is 0 Å². The lowest BCUT2D eigenvalue weighted by atomic mass is 10.2. The van der Waals surface area contributed by atoms with Crippen LogP contribution in [0.15, 0.2) is 12.3 Å². The molecular formula is C13H20N4O3. The van der Waals surface area contributed by atoms with Crippen molar-refractivity contribution in [2.45, 2.75) is 26.8 Å². The SMILES string of the molecule is CCOC(=O)c1cc(N)cnc1N(CC(N)=O)C(C)C. The molecule has 1 heterocycles. The van der Waals surface area contributed by atoms with E-state index >= 15 is 0 Å². The molecule has 0 unspecified atom stereocenters. The number of hydrogen-bond acceptors (Lipinski definition) is 6. The van der Waals surface area contributed by atoms with Crippen LogP contribution < -0.4 is 16.4 Å². The number of nitrogens with zero attached hydrogens (tertiary/aromatic N) is 2. The summed E-state index contributed by atoms with van der Waals surface area (Å²) in [6.45, 7) is 5.65. The summed E-state index contributed by atoms with van der Waals surface area (Å²) in [5, 5.41) is 0. The number of amides is 1. The minimum atomic E-state index is -0.530. The Morgan fingerprint density at radius 3 is 2.60 bits per heavy atom. The highest BCUT2D eigenvalue weighted by atomic mass is 16.5. The maximum Gasteiger partial charge on any atom is 0.341 e. The summed E-state index contributed by atoms with van der Waals surface area (Å²) in [7, 11) is 0. The smallest absolute Gasteiger partial charge is 0.341 e. The van der Waals surface area contributed by atoms with Crippen molar-refractivity contribution in [3.05, 3.63) is 17.8 Å². The van der Waals surface area contributed by atoms with Gasteiger partial charge in [0.25, 0.3) is 0 Å². The van der Waals surface area contributed by atoms with Crippen LogP contribution in [0.1, 0.15) is 31.1 Å². The van der Waals surface area contributed by atoms with Crippen LogP contribution in [0.5, 0.6) is 0 Å². The maximum absolute atomic E-state index is 12.0. The van der Waals surface area contributed by atoms with E-state index in [4.69, 9.17) is 16.2 Å². The Morgan fingerprint density at radius 2 is 2.10 bits per heavy atom. The first-order chi connectivity index (χ1) is 9.36. The summed E-state index contributed by atoms with van der Waals surface area (Å²) < 4.78 is 4.98. The molecule has 7 heteroatoms. The van der Waals surface area contributed by atoms with Crippen molar-refractivity contribution in [1.82, 2.24) is 4.98 Å². The Bertz CT molecular complexity index is 502. The van der Waals surface area contributed by atoms with Crippen LogP contribution in [0.4, 0.5) is 11.5 Å². The number of nitrogens with two attached hydrogens (primary N) is 2. The topological polar surface area (TPSA) is 112 Å². The third-order valence-corrected chi connectivity index (χ3v) is 2.60. The van der Waals surface area contributed by atoms with Gasteiger partial charge < -0.3 is 21.1 Å². The molecule has 0 aromatic carbocycles. The number of rotatable bonds is 6. The Hall–Kier alpha value is -2.31. The van der Waals surface area contributed by atoms with Crippen molar-refractivity contribution in [2.75, 3.05) is 23.8 Å². The van der Waals surface area contributed by atoms with Crippen LogP contribution in [0.2, 0.25) is 0 Å². The zero-order valence-electron chi connectivity index (χ0n) is 11.9. The van der Waals surface area contributed by atoms with Crippen LogP contribution in [-0.2, 0) is 9.53 Å². The number of esters is 1. The molecule has 0 aliphatic rings. The van der Waals surface area contributed by atoms with E-state index in [1.165, 1.54) is 12.3 Å². The predicted molar refractivity (Wildman–Crippen MR) is 76.3 cm³/mol. The van der Waals surface area contributed by atoms with Gasteiger partial charge in [-0.25, -0.2) is 9.78 Å². The molecular weight excluding hydrogens is 260 g/mol. The van der Waals surface area contributed by atoms with Gasteiger partial charge in [0.2, 0.25) is 5.91 Å². The molecule has 0 aliphatic heterocycles. The van der Waals surface area contributed by atoms with Gasteiger partial charge in [-0.15, -0.1) is 0 Å². The molecule has 1 rings (SSSR count). The van der Waals surface area contributed by atoms with Gasteiger partial charge in [0, 0.05) is 6.04 Å². The molecule has 4 N–H and O–H groups in total. The minimum absolute atomic E-state index is 0.0407. The second-order valence-electron chi connectivity index (χ2n) is 4.55. The molecule has 1 aromatic heterocycles. The number of primary amides is 1. The number of ether oxygens (including phenoxy) is 1. The lowest BCUT2D eigenvalue weighted by Crippen LogP contribution is -2.40. The van der Waals surface area contributed by atoms with Gasteiger partial charge in [0.15, 0.2) is 0 Å². The molecule has 110 valence electrons. The summed E-state index contributed by atoms with van der Waals surface area (Å²) in [6, 6.07) is 1.42. The Kier molecular flexibility index (Phi) is 5.31. The van der Waals surface area contributed by atoms with E-state index in [-0.39, 0.29) is 24.8 Å². The first-order valence-corrected chi connectivity index (χ1v) is 6.34. The largest absolute Gasteiger partial charge is 0.462 e. The molecule has 1 amide bonds. The van der Waals surface area contributed by atoms with Gasteiger partial charge in [-0.2, -0.15) is 0 Å². The van der Waals surface area contributed by atoms with Crippen LogP contribution in [-0.4, -0.2) is 36.1 Å². The average Bonchev–Trinajstić information content (AvgIpc) is 2.36. The Labute approximate surface area is 117 Å². The van der Waals surface area contributed by atoms with Crippen molar-refractivity contribution < 1.29 is 14.3 Å². The number of pyridine rings is 1. The number of aromatic nitrogens is 1. The quantitative estimate of drug-likeness (QED) is 0.736. The predicted octanol–water partition coefficient (Wildman–Crippen LogP) is 0.541. The van der Waals surface area contributed by atoms with Gasteiger partial charge >= 0.3 is 5.97 Å². The highest BCUT2D eigenvalue weighted by molar-refractivity contribution is 5.96. The van der Waals surface area contributed by atoms with Crippen LogP contribution in [0.3, 0.4) is 0 Å². The molecule has 0 aliphatic carbocycles. The minimum Gasteiger partial charge on any atom is -0.462 e. The molecule has 0 spiro atoms. The lowest BCUT2D eigenvalue weighted by Gasteiger charge is -2.28. The number of nitrogen functional groups attached to an aromatic ring is 1. The van der Waals surface area contributed by atoms with E-state index in [1.54, 1.807) is 11.8 Å². The molecule has 0 saturated heterocycles. The normalized spacial score (nSPS) is 10.4. The third-order valence-electron chi connectivity index (χ3n) is 2.60. The van der Waals surface area contributed by atoms with Crippen molar-refractivity contribution in [3.63, 3.8) is 0 Å². The Morgan fingerprint density at radius 1 is 1.45 bits per heavy atom. The summed E-state index contributed by atoms with van der Waals surface area (Å²) in [4.78, 5) is 28.9. The van der Waals surface area contributed by atoms with E-state index in [2.05, 4.69) is 4.98 Å². The van der Waals surface area contributed by atoms with Crippen LogP contribution >= 0.6 is 0 Å². The molecule has 7 nitrogen and oxygen atoms in total. The van der Waals surface area contributed by atoms with Gasteiger partial charge in [0.05, 0.1) is 25.0 Å². The molecule has 0 bridgehead atoms. The van der Waals surface area contributed by atoms with E-state index in [9.17, 15) is 9.59 Å². The van der Waals surface area contributed by atoms with Gasteiger partial charge in [-0.3, -0.25) is 4.79 Å². The second kappa shape index (κ2) is 6.74. The zero-order valence-corrected chi connectivity index (χ0v) is 11.9. The highest BCUT2D eigenvalue weighted by Crippen LogP contribution is 2.22. The van der Waals surface area contributed by atoms with Crippen molar-refractivity contribution in [2.24, 2.45) is 5.73 Å². The zero-order chi connectivity index (χ0) is 15.3. The summed E-state index contributed by atoms with van der Waals surface area (Å²) in [5.74, 6) is -0.698. The maximum atomic E-state index is 12.0. The number of carbonyl (C=O) groups excluding carboxylic acids is 2. The number of carbonyl (C=O) groups is 2. The van der Waals surface area contributed by atoms with Crippen LogP contribution in [0, 0.1) is 0 Å². The summed E-state index contributed by atoms with van der Waals surface area (Å²) >= 11 is 0. The lowest BCUT2D eigenvalue weighted by molar-refractivity contribution is -0.116. The molecule has 0 fully saturated rings. The van der Waals surface area contributed by atoms with Crippen LogP contribution in [0.25, 0.3) is 0 Å². The average molecular weight is 280 g/mol. The second-order valence-corrected chi connectivity index (χ2v) is 4.55. The molecule has 0 saturated carbocycles. The number of anilines is 2. The first kappa shape index (κ1) is 15.7. The fourth-order valence-corrected chi connectivity index (χ4v) is 1.73. The van der Waals surface area contributed by atoms with Crippen molar-refractivity contribution >= 4 is 23.4 Å². The van der Waals surface area contributed by atoms with Gasteiger partial charge in [-0.1, -0.05) is 0 Å². The van der Waals surface area contributed by atoms with E-state index in [0.717, 1.165) is 0 Å². The van der Waals surface area contributed by atoms with E-state index < -0.39 is 11.9 Å². The molecule has 20 heavy (non-hydrogen) atoms. The Balaban J connectivity index is 3.26. The standard InChI is InChI=1S/C13H20N4O3/c1-4-20-13(19)10-5-9(14)6-16-12(10)17(8(2)3)7-11(15)18/h5-6,8H,4,7,14H2,1-3H3,(H2,15,18). The van der Waals surface area contributed by atoms with E-state index in [0.29, 0.717) is 11.5 Å². The van der Waals surface area contributed by atoms with Gasteiger partial charge in [0.1, 0.15) is 11.4 Å². The third kappa shape index (κ3) is 3.84. The highest BCUT2D eigenvalue weighted by Gasteiger charge is 2.22. The first-order valence-electron chi connectivity index (χ1n) is 6.34. The van der Waals surface area contributed by atoms with Gasteiger partial charge in [-0.05, 0) is 26.8 Å². The summed E-state index contributed by atoms with van der Waals surface area (Å²) in [5.41, 5.74) is 11.5. The summed E-state index contributed by atoms with van der Waals surface area (Å²) in [6.07, 6.45) is 1.43. The molecule has 0 radical (unpaired) electrons. The van der Waals surface area contributed by atoms with Crippen molar-refractivity contribution in [1.29, 1.82) is 0 Å². The molecule has 0 atom stereocenters. The fraction of sp³-hybridized carbons (Fsp3) is 0.462. The molecule has 1 aromatic rings. The fourth-order valence-electron chi connectivity index (χ4n) is 1.73.